The number of amides is 1. The summed E-state index contributed by atoms with van der Waals surface area (Å²) in [4.78, 5) is 13.7. The molecule has 1 unspecified atom stereocenters. The van der Waals surface area contributed by atoms with E-state index in [1.165, 1.54) is 17.0 Å². The van der Waals surface area contributed by atoms with Gasteiger partial charge in [-0.25, -0.2) is 0 Å². The summed E-state index contributed by atoms with van der Waals surface area (Å²) in [7, 11) is 0. The number of anilines is 1. The van der Waals surface area contributed by atoms with Crippen molar-refractivity contribution in [1.82, 2.24) is 0 Å². The van der Waals surface area contributed by atoms with E-state index in [0.717, 1.165) is 12.1 Å². The van der Waals surface area contributed by atoms with Crippen LogP contribution in [0.15, 0.2) is 48.5 Å². The number of nitrogens with zero attached hydrogens (tertiary/aromatic N) is 2. The first-order valence-corrected chi connectivity index (χ1v) is 6.58. The average molecular weight is 318 g/mol. The molecule has 23 heavy (non-hydrogen) atoms. The van der Waals surface area contributed by atoms with Crippen LogP contribution in [0.25, 0.3) is 0 Å². The topological polar surface area (TPSA) is 53.3 Å². The Bertz CT molecular complexity index is 794. The Hall–Kier alpha value is -3.01. The molecule has 0 aliphatic carbocycles. The molecule has 0 N–H and O–H groups in total. The van der Waals surface area contributed by atoms with Gasteiger partial charge in [0.15, 0.2) is 6.04 Å². The Morgan fingerprint density at radius 3 is 2.35 bits per heavy atom. The first-order chi connectivity index (χ1) is 10.9. The van der Waals surface area contributed by atoms with Crippen molar-refractivity contribution in [1.29, 1.82) is 5.26 Å². The van der Waals surface area contributed by atoms with Gasteiger partial charge in [0, 0.05) is 16.8 Å². The zero-order valence-electron chi connectivity index (χ0n) is 11.5. The van der Waals surface area contributed by atoms with Crippen molar-refractivity contribution in [3.8, 4) is 11.8 Å². The molecule has 2 aromatic rings. The monoisotopic (exact) mass is 318 g/mol. The van der Waals surface area contributed by atoms with Crippen LogP contribution in [0.3, 0.4) is 0 Å². The Morgan fingerprint density at radius 1 is 1.09 bits per heavy atom. The molecule has 0 radical (unpaired) electrons. The molecule has 1 aliphatic heterocycles. The molecule has 0 saturated carbocycles. The summed E-state index contributed by atoms with van der Waals surface area (Å²) in [5.74, 6) is -0.754. The summed E-state index contributed by atoms with van der Waals surface area (Å²) < 4.78 is 40.3. The summed E-state index contributed by atoms with van der Waals surface area (Å²) in [6, 6.07) is 12.8. The van der Waals surface area contributed by atoms with Crippen molar-refractivity contribution < 1.29 is 22.7 Å². The van der Waals surface area contributed by atoms with Gasteiger partial charge in [-0.05, 0) is 30.3 Å². The molecule has 2 aromatic carbocycles. The molecule has 0 spiro atoms. The van der Waals surface area contributed by atoms with Gasteiger partial charge in [-0.3, -0.25) is 9.69 Å². The summed E-state index contributed by atoms with van der Waals surface area (Å²) in [5.41, 5.74) is 1.32. The minimum absolute atomic E-state index is 0.326. The van der Waals surface area contributed by atoms with Crippen LogP contribution >= 0.6 is 0 Å². The molecule has 1 aliphatic rings. The number of alkyl halides is 3. The quantitative estimate of drug-likeness (QED) is 0.846. The van der Waals surface area contributed by atoms with Crippen molar-refractivity contribution in [2.75, 3.05) is 4.90 Å². The van der Waals surface area contributed by atoms with Gasteiger partial charge in [0.2, 0.25) is 0 Å². The van der Waals surface area contributed by atoms with Crippen molar-refractivity contribution >= 4 is 11.6 Å². The molecule has 4 nitrogen and oxygen atoms in total. The maximum Gasteiger partial charge on any atom is 0.573 e. The number of hydrogen-bond donors (Lipinski definition) is 0. The van der Waals surface area contributed by atoms with E-state index in [4.69, 9.17) is 0 Å². The second-order valence-electron chi connectivity index (χ2n) is 4.84. The molecular weight excluding hydrogens is 309 g/mol. The van der Waals surface area contributed by atoms with E-state index < -0.39 is 12.4 Å². The second-order valence-corrected chi connectivity index (χ2v) is 4.84. The highest BCUT2D eigenvalue weighted by molar-refractivity contribution is 6.11. The van der Waals surface area contributed by atoms with Crippen LogP contribution in [0.1, 0.15) is 22.0 Å². The number of nitriles is 1. The van der Waals surface area contributed by atoms with Gasteiger partial charge in [0.25, 0.3) is 5.91 Å². The number of carbonyl (C=O) groups is 1. The lowest BCUT2D eigenvalue weighted by Crippen LogP contribution is -2.26. The Morgan fingerprint density at radius 2 is 1.74 bits per heavy atom. The highest BCUT2D eigenvalue weighted by atomic mass is 19.4. The molecule has 0 aromatic heterocycles. The highest BCUT2D eigenvalue weighted by Crippen LogP contribution is 2.37. The lowest BCUT2D eigenvalue weighted by Gasteiger charge is -2.20. The van der Waals surface area contributed by atoms with Crippen molar-refractivity contribution in [3.05, 3.63) is 59.7 Å². The van der Waals surface area contributed by atoms with E-state index in [1.807, 2.05) is 6.07 Å². The molecule has 1 heterocycles. The van der Waals surface area contributed by atoms with E-state index in [-0.39, 0.29) is 11.7 Å². The molecule has 0 saturated heterocycles. The SMILES string of the molecule is N#CC1c2ccccc2C(=O)N1c1ccc(OC(F)(F)F)cc1. The predicted octanol–water partition coefficient (Wildman–Crippen LogP) is 3.81. The lowest BCUT2D eigenvalue weighted by molar-refractivity contribution is -0.274. The number of halogens is 3. The van der Waals surface area contributed by atoms with Crippen LogP contribution in [-0.4, -0.2) is 12.3 Å². The van der Waals surface area contributed by atoms with E-state index in [9.17, 15) is 23.2 Å². The van der Waals surface area contributed by atoms with Crippen LogP contribution in [0.5, 0.6) is 5.75 Å². The molecule has 0 bridgehead atoms. The molecule has 1 amide bonds. The Kier molecular flexibility index (Phi) is 3.45. The fourth-order valence-corrected chi connectivity index (χ4v) is 2.52. The molecule has 7 heteroatoms. The zero-order valence-corrected chi connectivity index (χ0v) is 11.5. The van der Waals surface area contributed by atoms with Crippen LogP contribution in [0, 0.1) is 11.3 Å². The van der Waals surface area contributed by atoms with Crippen LogP contribution in [0.2, 0.25) is 0 Å². The number of benzene rings is 2. The van der Waals surface area contributed by atoms with Gasteiger partial charge in [0.05, 0.1) is 6.07 Å². The largest absolute Gasteiger partial charge is 0.573 e. The molecular formula is C16H9F3N2O2. The summed E-state index contributed by atoms with van der Waals surface area (Å²) in [6.07, 6.45) is -4.78. The predicted molar refractivity (Wildman–Crippen MR) is 74.7 cm³/mol. The Balaban J connectivity index is 1.93. The maximum absolute atomic E-state index is 12.4. The number of fused-ring (bicyclic) bond motifs is 1. The van der Waals surface area contributed by atoms with Crippen molar-refractivity contribution in [3.63, 3.8) is 0 Å². The van der Waals surface area contributed by atoms with Gasteiger partial charge in [-0.1, -0.05) is 18.2 Å². The number of carbonyl (C=O) groups excluding carboxylic acids is 1. The minimum atomic E-state index is -4.78. The van der Waals surface area contributed by atoms with Crippen LogP contribution in [0.4, 0.5) is 18.9 Å². The summed E-state index contributed by atoms with van der Waals surface area (Å²) >= 11 is 0. The molecule has 1 atom stereocenters. The van der Waals surface area contributed by atoms with E-state index in [1.54, 1.807) is 24.3 Å². The first kappa shape index (κ1) is 14.9. The van der Waals surface area contributed by atoms with Crippen molar-refractivity contribution in [2.24, 2.45) is 0 Å². The Labute approximate surface area is 129 Å². The normalized spacial score (nSPS) is 16.9. The third-order valence-electron chi connectivity index (χ3n) is 3.43. The fraction of sp³-hybridized carbons (Fsp3) is 0.125. The minimum Gasteiger partial charge on any atom is -0.406 e. The van der Waals surface area contributed by atoms with Gasteiger partial charge >= 0.3 is 6.36 Å². The smallest absolute Gasteiger partial charge is 0.406 e. The van der Waals surface area contributed by atoms with Gasteiger partial charge in [-0.15, -0.1) is 13.2 Å². The third-order valence-corrected chi connectivity index (χ3v) is 3.43. The van der Waals surface area contributed by atoms with Crippen LogP contribution in [-0.2, 0) is 0 Å². The molecule has 0 fully saturated rings. The van der Waals surface area contributed by atoms with E-state index >= 15 is 0 Å². The maximum atomic E-state index is 12.4. The number of rotatable bonds is 2. The fourth-order valence-electron chi connectivity index (χ4n) is 2.52. The average Bonchev–Trinajstić information content (AvgIpc) is 2.79. The third kappa shape index (κ3) is 2.71. The van der Waals surface area contributed by atoms with Gasteiger partial charge in [-0.2, -0.15) is 5.26 Å². The number of hydrogen-bond acceptors (Lipinski definition) is 3. The van der Waals surface area contributed by atoms with Crippen molar-refractivity contribution in [2.45, 2.75) is 12.4 Å². The summed E-state index contributed by atoms with van der Waals surface area (Å²) in [5, 5.41) is 9.35. The second kappa shape index (κ2) is 5.32. The van der Waals surface area contributed by atoms with E-state index in [0.29, 0.717) is 16.8 Å². The lowest BCUT2D eigenvalue weighted by atomic mass is 10.1. The standard InChI is InChI=1S/C16H9F3N2O2/c17-16(18,19)23-11-7-5-10(6-8-11)21-14(9-20)12-3-1-2-4-13(12)15(21)22/h1-8,14H. The number of ether oxygens (including phenoxy) is 1. The summed E-state index contributed by atoms with van der Waals surface area (Å²) in [6.45, 7) is 0. The first-order valence-electron chi connectivity index (χ1n) is 6.58. The molecule has 116 valence electrons. The van der Waals surface area contributed by atoms with Gasteiger partial charge < -0.3 is 4.74 Å². The zero-order chi connectivity index (χ0) is 16.6. The highest BCUT2D eigenvalue weighted by Gasteiger charge is 2.37. The van der Waals surface area contributed by atoms with Crippen LogP contribution < -0.4 is 9.64 Å². The van der Waals surface area contributed by atoms with Gasteiger partial charge in [0.1, 0.15) is 5.75 Å². The molecule has 3 rings (SSSR count). The van der Waals surface area contributed by atoms with E-state index in [2.05, 4.69) is 4.74 Å².